The zero-order chi connectivity index (χ0) is 20.5. The summed E-state index contributed by atoms with van der Waals surface area (Å²) in [6.07, 6.45) is 15.8. The molecule has 1 aliphatic rings. The van der Waals surface area contributed by atoms with Gasteiger partial charge in [-0.25, -0.2) is 8.78 Å². The lowest BCUT2D eigenvalue weighted by Crippen LogP contribution is -2.20. The molecule has 0 saturated carbocycles. The van der Waals surface area contributed by atoms with E-state index in [1.54, 1.807) is 12.1 Å². The van der Waals surface area contributed by atoms with E-state index in [1.165, 1.54) is 50.7 Å². The Morgan fingerprint density at radius 2 is 1.66 bits per heavy atom. The first-order chi connectivity index (χ1) is 14.1. The molecule has 1 unspecified atom stereocenters. The van der Waals surface area contributed by atoms with E-state index in [2.05, 4.69) is 13.0 Å². The zero-order valence-corrected chi connectivity index (χ0v) is 17.5. The molecule has 0 amide bonds. The molecule has 2 heteroatoms. The quantitative estimate of drug-likeness (QED) is 0.354. The largest absolute Gasteiger partial charge is 0.234 e. The van der Waals surface area contributed by atoms with Crippen molar-refractivity contribution in [1.82, 2.24) is 0 Å². The van der Waals surface area contributed by atoms with Gasteiger partial charge in [0.15, 0.2) is 5.67 Å². The molecule has 2 aromatic carbocycles. The number of hydrogen-bond acceptors (Lipinski definition) is 0. The van der Waals surface area contributed by atoms with Crippen LogP contribution in [0.3, 0.4) is 0 Å². The van der Waals surface area contributed by atoms with Gasteiger partial charge in [0.25, 0.3) is 0 Å². The second-order valence-electron chi connectivity index (χ2n) is 8.12. The van der Waals surface area contributed by atoms with Crippen LogP contribution >= 0.6 is 0 Å². The van der Waals surface area contributed by atoms with Gasteiger partial charge in [0.05, 0.1) is 0 Å². The van der Waals surface area contributed by atoms with Gasteiger partial charge in [-0.05, 0) is 47.8 Å². The molecule has 0 spiro atoms. The summed E-state index contributed by atoms with van der Waals surface area (Å²) in [5.41, 5.74) is 1.62. The standard InChI is InChI=1S/C27H32F2/c1-2-3-4-5-6-7-8-13-22-14-12-19-27(29,21-22)26-18-10-9-17-25(26)23-15-11-16-24(28)20-23/h9-12,14-18,20-21H,2-8,13,19H2,1H3. The maximum absolute atomic E-state index is 16.1. The molecule has 0 aliphatic heterocycles. The predicted molar refractivity (Wildman–Crippen MR) is 119 cm³/mol. The first kappa shape index (κ1) is 21.5. The summed E-state index contributed by atoms with van der Waals surface area (Å²) in [7, 11) is 0. The van der Waals surface area contributed by atoms with Crippen LogP contribution < -0.4 is 0 Å². The highest BCUT2D eigenvalue weighted by Gasteiger charge is 2.32. The Bertz CT molecular complexity index is 849. The molecule has 0 saturated heterocycles. The van der Waals surface area contributed by atoms with Gasteiger partial charge in [-0.2, -0.15) is 0 Å². The molecule has 0 N–H and O–H groups in total. The molecule has 1 atom stereocenters. The summed E-state index contributed by atoms with van der Waals surface area (Å²) >= 11 is 0. The fourth-order valence-corrected chi connectivity index (χ4v) is 4.17. The van der Waals surface area contributed by atoms with Crippen LogP contribution in [0.5, 0.6) is 0 Å². The van der Waals surface area contributed by atoms with Crippen LogP contribution in [-0.2, 0) is 5.67 Å². The van der Waals surface area contributed by atoms with Crippen molar-refractivity contribution in [1.29, 1.82) is 0 Å². The fourth-order valence-electron chi connectivity index (χ4n) is 4.17. The molecule has 0 nitrogen and oxygen atoms in total. The average Bonchev–Trinajstić information content (AvgIpc) is 2.73. The maximum Gasteiger partial charge on any atom is 0.158 e. The Morgan fingerprint density at radius 3 is 2.45 bits per heavy atom. The molecule has 0 aromatic heterocycles. The van der Waals surface area contributed by atoms with Crippen molar-refractivity contribution in [2.24, 2.45) is 0 Å². The lowest BCUT2D eigenvalue weighted by atomic mass is 9.81. The van der Waals surface area contributed by atoms with E-state index < -0.39 is 5.67 Å². The molecule has 3 rings (SSSR count). The van der Waals surface area contributed by atoms with Gasteiger partial charge in [0.2, 0.25) is 0 Å². The minimum Gasteiger partial charge on any atom is -0.234 e. The van der Waals surface area contributed by atoms with E-state index in [0.717, 1.165) is 24.0 Å². The van der Waals surface area contributed by atoms with Gasteiger partial charge in [-0.1, -0.05) is 94.0 Å². The van der Waals surface area contributed by atoms with E-state index in [-0.39, 0.29) is 5.82 Å². The summed E-state index contributed by atoms with van der Waals surface area (Å²) in [5, 5.41) is 0. The zero-order valence-electron chi connectivity index (χ0n) is 17.5. The van der Waals surface area contributed by atoms with Crippen LogP contribution in [0.15, 0.2) is 72.3 Å². The first-order valence-corrected chi connectivity index (χ1v) is 11.0. The van der Waals surface area contributed by atoms with Crippen LogP contribution in [-0.4, -0.2) is 0 Å². The van der Waals surface area contributed by atoms with Crippen LogP contribution in [0.25, 0.3) is 11.1 Å². The van der Waals surface area contributed by atoms with E-state index >= 15 is 4.39 Å². The Balaban J connectivity index is 1.71. The van der Waals surface area contributed by atoms with Gasteiger partial charge >= 0.3 is 0 Å². The number of halogens is 2. The van der Waals surface area contributed by atoms with Crippen LogP contribution in [0, 0.1) is 5.82 Å². The van der Waals surface area contributed by atoms with Crippen LogP contribution in [0.1, 0.15) is 70.3 Å². The molecule has 154 valence electrons. The Morgan fingerprint density at radius 1 is 0.897 bits per heavy atom. The highest BCUT2D eigenvalue weighted by atomic mass is 19.1. The second kappa shape index (κ2) is 10.5. The lowest BCUT2D eigenvalue weighted by Gasteiger charge is -2.27. The van der Waals surface area contributed by atoms with Crippen LogP contribution in [0.2, 0.25) is 0 Å². The molecular formula is C27H32F2. The van der Waals surface area contributed by atoms with Gasteiger partial charge in [-0.3, -0.25) is 0 Å². The first-order valence-electron chi connectivity index (χ1n) is 11.0. The molecule has 0 heterocycles. The molecule has 1 aliphatic carbocycles. The third kappa shape index (κ3) is 5.88. The Labute approximate surface area is 174 Å². The monoisotopic (exact) mass is 394 g/mol. The van der Waals surface area contributed by atoms with Gasteiger partial charge in [0, 0.05) is 12.0 Å². The molecule has 29 heavy (non-hydrogen) atoms. The van der Waals surface area contributed by atoms with Crippen molar-refractivity contribution >= 4 is 0 Å². The number of alkyl halides is 1. The van der Waals surface area contributed by atoms with Gasteiger partial charge in [-0.15, -0.1) is 0 Å². The highest BCUT2D eigenvalue weighted by Crippen LogP contribution is 2.41. The van der Waals surface area contributed by atoms with E-state index in [4.69, 9.17) is 0 Å². The van der Waals surface area contributed by atoms with Crippen molar-refractivity contribution in [3.63, 3.8) is 0 Å². The van der Waals surface area contributed by atoms with Gasteiger partial charge in [0.1, 0.15) is 5.82 Å². The normalized spacial score (nSPS) is 18.7. The topological polar surface area (TPSA) is 0 Å². The highest BCUT2D eigenvalue weighted by molar-refractivity contribution is 5.69. The number of allylic oxidation sites excluding steroid dienone is 4. The van der Waals surface area contributed by atoms with E-state index in [1.807, 2.05) is 36.4 Å². The van der Waals surface area contributed by atoms with Gasteiger partial charge < -0.3 is 0 Å². The average molecular weight is 395 g/mol. The summed E-state index contributed by atoms with van der Waals surface area (Å²) < 4.78 is 29.8. The molecule has 0 fully saturated rings. The van der Waals surface area contributed by atoms with Crippen molar-refractivity contribution < 1.29 is 8.78 Å². The minimum absolute atomic E-state index is 0.302. The molecule has 0 radical (unpaired) electrons. The SMILES string of the molecule is CCCCCCCCCC1=CC(F)(c2ccccc2-c2cccc(F)c2)CC=C1. The Hall–Kier alpha value is -2.22. The Kier molecular flexibility index (Phi) is 7.80. The van der Waals surface area contributed by atoms with Crippen molar-refractivity contribution in [3.05, 3.63) is 83.7 Å². The molecule has 2 aromatic rings. The van der Waals surface area contributed by atoms with E-state index in [9.17, 15) is 4.39 Å². The van der Waals surface area contributed by atoms with Crippen molar-refractivity contribution in [2.75, 3.05) is 0 Å². The number of hydrogen-bond donors (Lipinski definition) is 0. The maximum atomic E-state index is 16.1. The minimum atomic E-state index is -1.55. The second-order valence-corrected chi connectivity index (χ2v) is 8.12. The predicted octanol–water partition coefficient (Wildman–Crippen LogP) is 8.68. The smallest absolute Gasteiger partial charge is 0.158 e. The summed E-state index contributed by atoms with van der Waals surface area (Å²) in [4.78, 5) is 0. The molecule has 0 bridgehead atoms. The summed E-state index contributed by atoms with van der Waals surface area (Å²) in [6, 6.07) is 13.9. The van der Waals surface area contributed by atoms with Crippen molar-refractivity contribution in [3.8, 4) is 11.1 Å². The number of unbranched alkanes of at least 4 members (excludes halogenated alkanes) is 6. The van der Waals surface area contributed by atoms with E-state index in [0.29, 0.717) is 17.5 Å². The third-order valence-corrected chi connectivity index (χ3v) is 5.74. The number of rotatable bonds is 10. The number of benzene rings is 2. The van der Waals surface area contributed by atoms with Crippen LogP contribution in [0.4, 0.5) is 8.78 Å². The third-order valence-electron chi connectivity index (χ3n) is 5.74. The summed E-state index contributed by atoms with van der Waals surface area (Å²) in [5.74, 6) is -0.302. The lowest BCUT2D eigenvalue weighted by molar-refractivity contribution is 0.234. The fraction of sp³-hybridized carbons (Fsp3) is 0.407. The summed E-state index contributed by atoms with van der Waals surface area (Å²) in [6.45, 7) is 2.23. The van der Waals surface area contributed by atoms with Crippen molar-refractivity contribution in [2.45, 2.75) is 70.4 Å². The molecular weight excluding hydrogens is 362 g/mol.